The highest BCUT2D eigenvalue weighted by Gasteiger charge is 2.55. The molecule has 0 saturated heterocycles. The van der Waals surface area contributed by atoms with Gasteiger partial charge in [-0.3, -0.25) is 0 Å². The van der Waals surface area contributed by atoms with Crippen LogP contribution >= 0.6 is 0 Å². The summed E-state index contributed by atoms with van der Waals surface area (Å²) >= 11 is 0. The molecule has 0 aliphatic heterocycles. The quantitative estimate of drug-likeness (QED) is 0.844. The molecular formula is C18H27N. The lowest BCUT2D eigenvalue weighted by Gasteiger charge is -2.20. The van der Waals surface area contributed by atoms with Gasteiger partial charge in [-0.15, -0.1) is 0 Å². The number of hydrogen-bond acceptors (Lipinski definition) is 1. The van der Waals surface area contributed by atoms with Gasteiger partial charge in [0.25, 0.3) is 0 Å². The summed E-state index contributed by atoms with van der Waals surface area (Å²) in [6, 6.07) is 7.70. The molecule has 0 heterocycles. The Labute approximate surface area is 117 Å². The summed E-state index contributed by atoms with van der Waals surface area (Å²) < 4.78 is 0. The van der Waals surface area contributed by atoms with Crippen LogP contribution in [0.1, 0.15) is 42.9 Å². The van der Waals surface area contributed by atoms with Crippen LogP contribution < -0.4 is 5.32 Å². The largest absolute Gasteiger partial charge is 0.314 e. The molecule has 0 radical (unpaired) electrons. The van der Waals surface area contributed by atoms with Gasteiger partial charge >= 0.3 is 0 Å². The number of fused-ring (bicyclic) bond motifs is 1. The number of nitrogens with one attached hydrogen (secondary N) is 1. The van der Waals surface area contributed by atoms with Crippen LogP contribution in [0.5, 0.6) is 0 Å². The van der Waals surface area contributed by atoms with Gasteiger partial charge in [-0.1, -0.05) is 31.5 Å². The maximum Gasteiger partial charge on any atom is 0.0141 e. The van der Waals surface area contributed by atoms with Gasteiger partial charge in [-0.05, 0) is 74.1 Å². The van der Waals surface area contributed by atoms with Crippen molar-refractivity contribution in [3.8, 4) is 0 Å². The van der Waals surface area contributed by atoms with E-state index in [1.54, 1.807) is 0 Å². The van der Waals surface area contributed by atoms with Crippen LogP contribution in [-0.4, -0.2) is 12.6 Å². The van der Waals surface area contributed by atoms with Crippen LogP contribution in [0.4, 0.5) is 0 Å². The van der Waals surface area contributed by atoms with Crippen LogP contribution in [-0.2, 0) is 6.42 Å². The number of benzene rings is 1. The third-order valence-corrected chi connectivity index (χ3v) is 5.43. The molecule has 19 heavy (non-hydrogen) atoms. The molecule has 2 fully saturated rings. The molecule has 0 bridgehead atoms. The van der Waals surface area contributed by atoms with Crippen LogP contribution in [0.3, 0.4) is 0 Å². The SMILES string of the molecule is CCNC(Cc1ccc(C)c(C)c1)C1C2CCCC21. The summed E-state index contributed by atoms with van der Waals surface area (Å²) in [6.07, 6.45) is 5.68. The van der Waals surface area contributed by atoms with E-state index in [0.29, 0.717) is 6.04 Å². The Kier molecular flexibility index (Phi) is 3.66. The zero-order valence-corrected chi connectivity index (χ0v) is 12.6. The molecule has 1 aromatic carbocycles. The van der Waals surface area contributed by atoms with E-state index in [0.717, 1.165) is 24.3 Å². The highest BCUT2D eigenvalue weighted by molar-refractivity contribution is 5.30. The van der Waals surface area contributed by atoms with E-state index in [2.05, 4.69) is 44.3 Å². The van der Waals surface area contributed by atoms with Gasteiger partial charge in [0.2, 0.25) is 0 Å². The molecule has 3 atom stereocenters. The number of rotatable bonds is 5. The molecule has 1 N–H and O–H groups in total. The minimum atomic E-state index is 0.711. The topological polar surface area (TPSA) is 12.0 Å². The van der Waals surface area contributed by atoms with E-state index in [1.807, 2.05) is 0 Å². The van der Waals surface area contributed by atoms with Gasteiger partial charge in [0, 0.05) is 6.04 Å². The fourth-order valence-electron chi connectivity index (χ4n) is 4.26. The molecule has 2 saturated carbocycles. The third kappa shape index (κ3) is 2.58. The molecule has 1 heteroatoms. The first kappa shape index (κ1) is 13.2. The first-order valence-corrected chi connectivity index (χ1v) is 8.00. The summed E-state index contributed by atoms with van der Waals surface area (Å²) in [5, 5.41) is 3.76. The Bertz CT molecular complexity index is 441. The highest BCUT2D eigenvalue weighted by Crippen LogP contribution is 2.59. The predicted octanol–water partition coefficient (Wildman–Crippen LogP) is 3.87. The van der Waals surface area contributed by atoms with Crippen molar-refractivity contribution < 1.29 is 0 Å². The van der Waals surface area contributed by atoms with Gasteiger partial charge in [0.05, 0.1) is 0 Å². The van der Waals surface area contributed by atoms with E-state index in [-0.39, 0.29) is 0 Å². The lowest BCUT2D eigenvalue weighted by molar-refractivity contribution is 0.411. The Morgan fingerprint density at radius 1 is 1.16 bits per heavy atom. The molecular weight excluding hydrogens is 230 g/mol. The average Bonchev–Trinajstić information content (AvgIpc) is 2.86. The zero-order valence-electron chi connectivity index (χ0n) is 12.6. The van der Waals surface area contributed by atoms with Gasteiger partial charge in [0.15, 0.2) is 0 Å². The van der Waals surface area contributed by atoms with Crippen molar-refractivity contribution in [3.63, 3.8) is 0 Å². The number of hydrogen-bond donors (Lipinski definition) is 1. The van der Waals surface area contributed by atoms with E-state index in [1.165, 1.54) is 42.4 Å². The van der Waals surface area contributed by atoms with E-state index >= 15 is 0 Å². The standard InChI is InChI=1S/C18H27N/c1-4-19-17(18-15-6-5-7-16(15)18)11-14-9-8-12(2)13(3)10-14/h8-10,15-19H,4-7,11H2,1-3H3. The van der Waals surface area contributed by atoms with Crippen molar-refractivity contribution in [1.82, 2.24) is 5.32 Å². The normalized spacial score (nSPS) is 30.2. The molecule has 1 aromatic rings. The summed E-state index contributed by atoms with van der Waals surface area (Å²) in [5.74, 6) is 3.07. The molecule has 3 unspecified atom stereocenters. The second-order valence-corrected chi connectivity index (χ2v) is 6.62. The zero-order chi connectivity index (χ0) is 13.4. The first-order valence-electron chi connectivity index (χ1n) is 8.00. The van der Waals surface area contributed by atoms with Crippen LogP contribution in [0.25, 0.3) is 0 Å². The lowest BCUT2D eigenvalue weighted by atomic mass is 9.95. The monoisotopic (exact) mass is 257 g/mol. The number of aryl methyl sites for hydroxylation is 2. The maximum atomic E-state index is 3.76. The second-order valence-electron chi connectivity index (χ2n) is 6.62. The molecule has 104 valence electrons. The van der Waals surface area contributed by atoms with Crippen LogP contribution in [0.2, 0.25) is 0 Å². The summed E-state index contributed by atoms with van der Waals surface area (Å²) in [7, 11) is 0. The fourth-order valence-corrected chi connectivity index (χ4v) is 4.26. The van der Waals surface area contributed by atoms with Crippen molar-refractivity contribution in [2.75, 3.05) is 6.54 Å². The Morgan fingerprint density at radius 2 is 1.89 bits per heavy atom. The number of likely N-dealkylation sites (N-methyl/N-ethyl adjacent to an activating group) is 1. The Hall–Kier alpha value is -0.820. The molecule has 3 rings (SSSR count). The van der Waals surface area contributed by atoms with E-state index < -0.39 is 0 Å². The second kappa shape index (κ2) is 5.28. The Morgan fingerprint density at radius 3 is 2.53 bits per heavy atom. The van der Waals surface area contributed by atoms with Gasteiger partial charge in [-0.25, -0.2) is 0 Å². The van der Waals surface area contributed by atoms with Gasteiger partial charge in [0.1, 0.15) is 0 Å². The molecule has 2 aliphatic carbocycles. The molecule has 0 amide bonds. The molecule has 0 aromatic heterocycles. The van der Waals surface area contributed by atoms with Crippen molar-refractivity contribution >= 4 is 0 Å². The predicted molar refractivity (Wildman–Crippen MR) is 81.4 cm³/mol. The summed E-state index contributed by atoms with van der Waals surface area (Å²) in [5.41, 5.74) is 4.36. The van der Waals surface area contributed by atoms with Crippen LogP contribution in [0, 0.1) is 31.6 Å². The van der Waals surface area contributed by atoms with Crippen molar-refractivity contribution in [3.05, 3.63) is 34.9 Å². The third-order valence-electron chi connectivity index (χ3n) is 5.43. The minimum Gasteiger partial charge on any atom is -0.314 e. The average molecular weight is 257 g/mol. The van der Waals surface area contributed by atoms with Crippen molar-refractivity contribution in [2.45, 2.75) is 52.5 Å². The van der Waals surface area contributed by atoms with E-state index in [9.17, 15) is 0 Å². The van der Waals surface area contributed by atoms with Crippen molar-refractivity contribution in [1.29, 1.82) is 0 Å². The van der Waals surface area contributed by atoms with Crippen molar-refractivity contribution in [2.24, 2.45) is 17.8 Å². The molecule has 2 aliphatic rings. The fraction of sp³-hybridized carbons (Fsp3) is 0.667. The maximum absolute atomic E-state index is 3.76. The summed E-state index contributed by atoms with van der Waals surface area (Å²) in [6.45, 7) is 7.77. The smallest absolute Gasteiger partial charge is 0.0141 e. The van der Waals surface area contributed by atoms with Crippen LogP contribution in [0.15, 0.2) is 18.2 Å². The molecule has 1 nitrogen and oxygen atoms in total. The lowest BCUT2D eigenvalue weighted by Crippen LogP contribution is -2.34. The van der Waals surface area contributed by atoms with Gasteiger partial charge in [-0.2, -0.15) is 0 Å². The summed E-state index contributed by atoms with van der Waals surface area (Å²) in [4.78, 5) is 0. The minimum absolute atomic E-state index is 0.711. The first-order chi connectivity index (χ1) is 9.20. The van der Waals surface area contributed by atoms with E-state index in [4.69, 9.17) is 0 Å². The molecule has 0 spiro atoms. The highest BCUT2D eigenvalue weighted by atomic mass is 14.9. The van der Waals surface area contributed by atoms with Gasteiger partial charge < -0.3 is 5.32 Å². The Balaban J connectivity index is 1.69.